The summed E-state index contributed by atoms with van der Waals surface area (Å²) in [5, 5.41) is 2.55. The van der Waals surface area contributed by atoms with Crippen LogP contribution in [0.25, 0.3) is 0 Å². The minimum Gasteiger partial charge on any atom is -0.351 e. The summed E-state index contributed by atoms with van der Waals surface area (Å²) >= 11 is 3.28. The Hall–Kier alpha value is -1.34. The molecule has 0 bridgehead atoms. The van der Waals surface area contributed by atoms with Crippen LogP contribution in [0.4, 0.5) is 5.69 Å². The summed E-state index contributed by atoms with van der Waals surface area (Å²) < 4.78 is 25.3. The first-order chi connectivity index (χ1) is 8.86. The van der Waals surface area contributed by atoms with Gasteiger partial charge in [0.25, 0.3) is 0 Å². The second-order valence-electron chi connectivity index (χ2n) is 3.81. The Labute approximate surface area is 121 Å². The molecule has 104 valence electrons. The van der Waals surface area contributed by atoms with Crippen LogP contribution >= 0.6 is 15.9 Å². The third kappa shape index (κ3) is 4.68. The van der Waals surface area contributed by atoms with Gasteiger partial charge in [-0.05, 0) is 28.1 Å². The fourth-order valence-electron chi connectivity index (χ4n) is 1.41. The number of carbonyl (C=O) groups excluding carboxylic acids is 1. The molecule has 7 heteroatoms. The van der Waals surface area contributed by atoms with Gasteiger partial charge in [0.05, 0.1) is 11.9 Å². The van der Waals surface area contributed by atoms with Gasteiger partial charge in [-0.2, -0.15) is 0 Å². The number of anilines is 1. The van der Waals surface area contributed by atoms with E-state index in [-0.39, 0.29) is 12.5 Å². The van der Waals surface area contributed by atoms with Crippen molar-refractivity contribution in [2.24, 2.45) is 0 Å². The molecule has 0 atom stereocenters. The Kier molecular flexibility index (Phi) is 5.56. The lowest BCUT2D eigenvalue weighted by Crippen LogP contribution is -2.40. The van der Waals surface area contributed by atoms with Crippen LogP contribution in [0.15, 0.2) is 41.4 Å². The summed E-state index contributed by atoms with van der Waals surface area (Å²) in [4.78, 5) is 11.7. The molecular formula is C12H15BrN2O3S. The van der Waals surface area contributed by atoms with Gasteiger partial charge in [-0.3, -0.25) is 9.10 Å². The van der Waals surface area contributed by atoms with E-state index in [1.807, 2.05) is 0 Å². The monoisotopic (exact) mass is 346 g/mol. The Morgan fingerprint density at radius 1 is 1.47 bits per heavy atom. The number of benzene rings is 1. The zero-order chi connectivity index (χ0) is 14.5. The highest BCUT2D eigenvalue weighted by Crippen LogP contribution is 2.27. The van der Waals surface area contributed by atoms with Crippen molar-refractivity contribution in [1.29, 1.82) is 0 Å². The predicted molar refractivity (Wildman–Crippen MR) is 79.5 cm³/mol. The predicted octanol–water partition coefficient (Wildman–Crippen LogP) is 1.52. The van der Waals surface area contributed by atoms with Crippen molar-refractivity contribution < 1.29 is 13.2 Å². The van der Waals surface area contributed by atoms with Gasteiger partial charge >= 0.3 is 0 Å². The maximum absolute atomic E-state index is 11.8. The number of para-hydroxylation sites is 1. The topological polar surface area (TPSA) is 66.5 Å². The van der Waals surface area contributed by atoms with Crippen molar-refractivity contribution in [2.75, 3.05) is 23.7 Å². The van der Waals surface area contributed by atoms with Crippen LogP contribution in [-0.4, -0.2) is 33.7 Å². The molecule has 0 saturated heterocycles. The summed E-state index contributed by atoms with van der Waals surface area (Å²) in [6.07, 6.45) is 2.59. The van der Waals surface area contributed by atoms with E-state index in [1.165, 1.54) is 6.08 Å². The summed E-state index contributed by atoms with van der Waals surface area (Å²) in [6, 6.07) is 6.83. The van der Waals surface area contributed by atoms with Crippen molar-refractivity contribution in [1.82, 2.24) is 5.32 Å². The largest absolute Gasteiger partial charge is 0.351 e. The van der Waals surface area contributed by atoms with Crippen LogP contribution in [0, 0.1) is 0 Å². The molecule has 0 unspecified atom stereocenters. The molecule has 0 spiro atoms. The van der Waals surface area contributed by atoms with Crippen LogP contribution in [0.1, 0.15) is 0 Å². The first-order valence-electron chi connectivity index (χ1n) is 5.46. The van der Waals surface area contributed by atoms with Crippen LogP contribution in [0.5, 0.6) is 0 Å². The standard InChI is InChI=1S/C12H15BrN2O3S/c1-3-8-14-12(16)9-15(19(2,17)18)11-7-5-4-6-10(11)13/h3-7H,1,8-9H2,2H3,(H,14,16). The molecule has 1 amide bonds. The molecular weight excluding hydrogens is 332 g/mol. The number of hydrogen-bond acceptors (Lipinski definition) is 3. The maximum Gasteiger partial charge on any atom is 0.241 e. The van der Waals surface area contributed by atoms with Crippen molar-refractivity contribution in [3.63, 3.8) is 0 Å². The fraction of sp³-hybridized carbons (Fsp3) is 0.250. The average molecular weight is 347 g/mol. The molecule has 5 nitrogen and oxygen atoms in total. The van der Waals surface area contributed by atoms with Gasteiger partial charge in [0.1, 0.15) is 6.54 Å². The fourth-order valence-corrected chi connectivity index (χ4v) is 2.89. The Bertz CT molecular complexity index is 572. The molecule has 0 aliphatic rings. The van der Waals surface area contributed by atoms with Crippen molar-refractivity contribution >= 4 is 37.5 Å². The minimum absolute atomic E-state index is 0.269. The van der Waals surface area contributed by atoms with Gasteiger partial charge in [0.15, 0.2) is 0 Å². The van der Waals surface area contributed by atoms with E-state index in [9.17, 15) is 13.2 Å². The number of amides is 1. The molecule has 0 heterocycles. The van der Waals surface area contributed by atoms with Crippen LogP contribution in [-0.2, 0) is 14.8 Å². The molecule has 0 saturated carbocycles. The molecule has 0 aliphatic carbocycles. The highest BCUT2D eigenvalue weighted by Gasteiger charge is 2.22. The number of sulfonamides is 1. The summed E-state index contributed by atoms with van der Waals surface area (Å²) in [5.41, 5.74) is 0.429. The summed E-state index contributed by atoms with van der Waals surface area (Å²) in [6.45, 7) is 3.51. The first-order valence-corrected chi connectivity index (χ1v) is 8.10. The summed E-state index contributed by atoms with van der Waals surface area (Å²) in [7, 11) is -3.54. The van der Waals surface area contributed by atoms with E-state index in [0.717, 1.165) is 10.6 Å². The smallest absolute Gasteiger partial charge is 0.241 e. The Morgan fingerprint density at radius 3 is 2.63 bits per heavy atom. The molecule has 1 rings (SSSR count). The molecule has 1 aromatic carbocycles. The van der Waals surface area contributed by atoms with Gasteiger partial charge in [0.2, 0.25) is 15.9 Å². The van der Waals surface area contributed by atoms with Gasteiger partial charge in [0, 0.05) is 11.0 Å². The third-order valence-electron chi connectivity index (χ3n) is 2.25. The first kappa shape index (κ1) is 15.7. The summed E-state index contributed by atoms with van der Waals surface area (Å²) in [5.74, 6) is -0.388. The van der Waals surface area contributed by atoms with Crippen molar-refractivity contribution in [3.05, 3.63) is 41.4 Å². The van der Waals surface area contributed by atoms with E-state index in [2.05, 4.69) is 27.8 Å². The van der Waals surface area contributed by atoms with Crippen LogP contribution in [0.2, 0.25) is 0 Å². The lowest BCUT2D eigenvalue weighted by molar-refractivity contribution is -0.119. The molecule has 1 N–H and O–H groups in total. The van der Waals surface area contributed by atoms with E-state index in [0.29, 0.717) is 16.7 Å². The highest BCUT2D eigenvalue weighted by molar-refractivity contribution is 9.10. The zero-order valence-corrected chi connectivity index (χ0v) is 12.9. The highest BCUT2D eigenvalue weighted by atomic mass is 79.9. The number of hydrogen-bond donors (Lipinski definition) is 1. The van der Waals surface area contributed by atoms with Gasteiger partial charge < -0.3 is 5.32 Å². The number of halogens is 1. The van der Waals surface area contributed by atoms with Gasteiger partial charge in [-0.1, -0.05) is 18.2 Å². The molecule has 1 aromatic rings. The van der Waals surface area contributed by atoms with Crippen molar-refractivity contribution in [2.45, 2.75) is 0 Å². The SMILES string of the molecule is C=CCNC(=O)CN(c1ccccc1Br)S(C)(=O)=O. The van der Waals surface area contributed by atoms with Gasteiger partial charge in [-0.15, -0.1) is 6.58 Å². The number of nitrogens with one attached hydrogen (secondary N) is 1. The molecule has 0 aliphatic heterocycles. The average Bonchev–Trinajstić information content (AvgIpc) is 2.33. The second kappa shape index (κ2) is 6.72. The van der Waals surface area contributed by atoms with E-state index < -0.39 is 10.0 Å². The molecule has 0 aromatic heterocycles. The van der Waals surface area contributed by atoms with E-state index in [4.69, 9.17) is 0 Å². The number of carbonyl (C=O) groups is 1. The van der Waals surface area contributed by atoms with Crippen LogP contribution in [0.3, 0.4) is 0 Å². The van der Waals surface area contributed by atoms with E-state index >= 15 is 0 Å². The number of nitrogens with zero attached hydrogens (tertiary/aromatic N) is 1. The lowest BCUT2D eigenvalue weighted by atomic mass is 10.3. The van der Waals surface area contributed by atoms with Crippen molar-refractivity contribution in [3.8, 4) is 0 Å². The Balaban J connectivity index is 3.01. The minimum atomic E-state index is -3.54. The zero-order valence-electron chi connectivity index (χ0n) is 10.5. The molecule has 19 heavy (non-hydrogen) atoms. The number of rotatable bonds is 6. The molecule has 0 radical (unpaired) electrons. The van der Waals surface area contributed by atoms with Crippen LogP contribution < -0.4 is 9.62 Å². The third-order valence-corrected chi connectivity index (χ3v) is 4.05. The lowest BCUT2D eigenvalue weighted by Gasteiger charge is -2.22. The normalized spacial score (nSPS) is 10.8. The quantitative estimate of drug-likeness (QED) is 0.794. The Morgan fingerprint density at radius 2 is 2.11 bits per heavy atom. The maximum atomic E-state index is 11.8. The van der Waals surface area contributed by atoms with Gasteiger partial charge in [-0.25, -0.2) is 8.42 Å². The van der Waals surface area contributed by atoms with E-state index in [1.54, 1.807) is 24.3 Å². The molecule has 0 fully saturated rings. The second-order valence-corrected chi connectivity index (χ2v) is 6.57.